The summed E-state index contributed by atoms with van der Waals surface area (Å²) in [6.07, 6.45) is 6.29. The molecule has 2 fully saturated rings. The van der Waals surface area contributed by atoms with Crippen LogP contribution in [0, 0.1) is 5.41 Å². The van der Waals surface area contributed by atoms with E-state index in [-0.39, 0.29) is 18.0 Å². The van der Waals surface area contributed by atoms with Gasteiger partial charge in [0.15, 0.2) is 0 Å². The zero-order valence-electron chi connectivity index (χ0n) is 14.6. The molecule has 1 saturated heterocycles. The van der Waals surface area contributed by atoms with Crippen molar-refractivity contribution in [3.05, 3.63) is 30.3 Å². The Morgan fingerprint density at radius 1 is 1.20 bits per heavy atom. The molecule has 132 valence electrons. The van der Waals surface area contributed by atoms with Gasteiger partial charge in [-0.25, -0.2) is 0 Å². The molecule has 1 spiro atoms. The lowest BCUT2D eigenvalue weighted by Crippen LogP contribution is -2.41. The quantitative estimate of drug-likeness (QED) is 0.924. The molecule has 2 aromatic rings. The molecule has 1 atom stereocenters. The van der Waals surface area contributed by atoms with Gasteiger partial charge in [0.2, 0.25) is 11.8 Å². The van der Waals surface area contributed by atoms with Crippen LogP contribution in [0.2, 0.25) is 0 Å². The number of nitrogens with one attached hydrogen (secondary N) is 1. The summed E-state index contributed by atoms with van der Waals surface area (Å²) >= 11 is 0. The van der Waals surface area contributed by atoms with Crippen molar-refractivity contribution in [3.63, 3.8) is 0 Å². The maximum absolute atomic E-state index is 12.7. The number of aromatic nitrogens is 2. The van der Waals surface area contributed by atoms with Crippen molar-refractivity contribution in [2.75, 3.05) is 18.4 Å². The number of hydrogen-bond acceptors (Lipinski definition) is 5. The summed E-state index contributed by atoms with van der Waals surface area (Å²) in [5, 5.41) is 11.1. The van der Waals surface area contributed by atoms with E-state index < -0.39 is 0 Å². The van der Waals surface area contributed by atoms with E-state index in [1.807, 2.05) is 42.2 Å². The maximum Gasteiger partial charge on any atom is 0.316 e. The van der Waals surface area contributed by atoms with E-state index in [4.69, 9.17) is 4.42 Å². The first kappa shape index (κ1) is 16.1. The van der Waals surface area contributed by atoms with Gasteiger partial charge in [-0.3, -0.25) is 4.79 Å². The number of carbonyl (C=O) groups is 1. The van der Waals surface area contributed by atoms with E-state index >= 15 is 0 Å². The third-order valence-corrected chi connectivity index (χ3v) is 5.57. The van der Waals surface area contributed by atoms with Crippen molar-refractivity contribution >= 4 is 11.9 Å². The van der Waals surface area contributed by atoms with Gasteiger partial charge in [0.25, 0.3) is 0 Å². The first-order valence-corrected chi connectivity index (χ1v) is 9.10. The van der Waals surface area contributed by atoms with Crippen molar-refractivity contribution in [2.45, 2.75) is 45.1 Å². The molecule has 1 N–H and O–H groups in total. The lowest BCUT2D eigenvalue weighted by Gasteiger charge is -2.25. The molecule has 1 aromatic carbocycles. The van der Waals surface area contributed by atoms with Crippen molar-refractivity contribution in [3.8, 4) is 11.5 Å². The minimum atomic E-state index is -0.374. The summed E-state index contributed by atoms with van der Waals surface area (Å²) in [6, 6.07) is 9.52. The molecule has 0 unspecified atom stereocenters. The third kappa shape index (κ3) is 3.25. The second-order valence-corrected chi connectivity index (χ2v) is 7.36. The number of nitrogens with zero attached hydrogens (tertiary/aromatic N) is 3. The molecule has 0 bridgehead atoms. The number of carbonyl (C=O) groups excluding carboxylic acids is 1. The number of rotatable bonds is 4. The highest BCUT2D eigenvalue weighted by molar-refractivity contribution is 5.84. The Bertz CT molecular complexity index is 737. The highest BCUT2D eigenvalue weighted by Crippen LogP contribution is 2.45. The summed E-state index contributed by atoms with van der Waals surface area (Å²) in [5.74, 6) is 0.567. The number of amides is 1. The van der Waals surface area contributed by atoms with Crippen LogP contribution in [0.3, 0.4) is 0 Å². The molecule has 2 aliphatic rings. The molecule has 0 radical (unpaired) electrons. The van der Waals surface area contributed by atoms with Crippen molar-refractivity contribution < 1.29 is 9.21 Å². The Hall–Kier alpha value is -2.37. The van der Waals surface area contributed by atoms with E-state index in [9.17, 15) is 4.79 Å². The monoisotopic (exact) mass is 340 g/mol. The molecule has 2 heterocycles. The summed E-state index contributed by atoms with van der Waals surface area (Å²) in [7, 11) is 0. The van der Waals surface area contributed by atoms with Gasteiger partial charge in [-0.15, -0.1) is 5.10 Å². The molecule has 1 aliphatic carbocycles. The molecule has 1 amide bonds. The Balaban J connectivity index is 1.38. The highest BCUT2D eigenvalue weighted by atomic mass is 16.4. The fraction of sp³-hybridized carbons (Fsp3) is 0.526. The molecular weight excluding hydrogens is 316 g/mol. The van der Waals surface area contributed by atoms with E-state index in [0.717, 1.165) is 25.1 Å². The van der Waals surface area contributed by atoms with Crippen LogP contribution in [0.4, 0.5) is 6.01 Å². The molecule has 25 heavy (non-hydrogen) atoms. The largest absolute Gasteiger partial charge is 0.403 e. The molecule has 1 aromatic heterocycles. The van der Waals surface area contributed by atoms with Crippen LogP contribution in [-0.2, 0) is 4.79 Å². The van der Waals surface area contributed by atoms with Gasteiger partial charge in [-0.1, -0.05) is 36.1 Å². The summed E-state index contributed by atoms with van der Waals surface area (Å²) < 4.78 is 5.64. The van der Waals surface area contributed by atoms with Crippen LogP contribution in [0.15, 0.2) is 34.7 Å². The van der Waals surface area contributed by atoms with Crippen molar-refractivity contribution in [1.29, 1.82) is 0 Å². The normalized spacial score (nSPS) is 20.1. The van der Waals surface area contributed by atoms with E-state index in [2.05, 4.69) is 15.5 Å². The SMILES string of the molecule is C[C@H](Nc1nnc(-c2ccccc2)o1)C(=O)N1CCC2(CCCC2)C1. The fourth-order valence-corrected chi connectivity index (χ4v) is 4.16. The lowest BCUT2D eigenvalue weighted by molar-refractivity contribution is -0.131. The Kier molecular flexibility index (Phi) is 4.19. The molecular formula is C19H24N4O2. The van der Waals surface area contributed by atoms with Crippen LogP contribution < -0.4 is 5.32 Å². The van der Waals surface area contributed by atoms with Gasteiger partial charge in [0.05, 0.1) is 0 Å². The molecule has 1 saturated carbocycles. The van der Waals surface area contributed by atoms with Crippen LogP contribution in [0.1, 0.15) is 39.0 Å². The third-order valence-electron chi connectivity index (χ3n) is 5.57. The summed E-state index contributed by atoms with van der Waals surface area (Å²) in [4.78, 5) is 14.7. The average molecular weight is 340 g/mol. The van der Waals surface area contributed by atoms with Gasteiger partial charge < -0.3 is 14.6 Å². The minimum absolute atomic E-state index is 0.114. The van der Waals surface area contributed by atoms with Crippen molar-refractivity contribution in [1.82, 2.24) is 15.1 Å². The second kappa shape index (κ2) is 6.50. The summed E-state index contributed by atoms with van der Waals surface area (Å²) in [6.45, 7) is 3.62. The first-order valence-electron chi connectivity index (χ1n) is 9.10. The van der Waals surface area contributed by atoms with Gasteiger partial charge >= 0.3 is 6.01 Å². The predicted molar refractivity (Wildman–Crippen MR) is 94.9 cm³/mol. The predicted octanol–water partition coefficient (Wildman–Crippen LogP) is 3.33. The van der Waals surface area contributed by atoms with Gasteiger partial charge in [0.1, 0.15) is 6.04 Å². The highest BCUT2D eigenvalue weighted by Gasteiger charge is 2.42. The fourth-order valence-electron chi connectivity index (χ4n) is 4.16. The molecule has 6 nitrogen and oxygen atoms in total. The standard InChI is InChI=1S/C19H24N4O2/c1-14(17(24)23-12-11-19(13-23)9-5-6-10-19)20-18-22-21-16(25-18)15-7-3-2-4-8-15/h2-4,7-8,14H,5-6,9-13H2,1H3,(H,20,22)/t14-/m0/s1. The Labute approximate surface area is 147 Å². The minimum Gasteiger partial charge on any atom is -0.403 e. The van der Waals surface area contributed by atoms with Crippen LogP contribution in [0.5, 0.6) is 0 Å². The van der Waals surface area contributed by atoms with Gasteiger partial charge in [-0.2, -0.15) is 0 Å². The van der Waals surface area contributed by atoms with Gasteiger partial charge in [-0.05, 0) is 43.7 Å². The van der Waals surface area contributed by atoms with Crippen molar-refractivity contribution in [2.24, 2.45) is 5.41 Å². The average Bonchev–Trinajstić information content (AvgIpc) is 3.38. The maximum atomic E-state index is 12.7. The van der Waals surface area contributed by atoms with E-state index in [1.165, 1.54) is 25.7 Å². The van der Waals surface area contributed by atoms with E-state index in [1.54, 1.807) is 0 Å². The number of anilines is 1. The van der Waals surface area contributed by atoms with Crippen LogP contribution >= 0.6 is 0 Å². The van der Waals surface area contributed by atoms with E-state index in [0.29, 0.717) is 11.3 Å². The molecule has 4 rings (SSSR count). The smallest absolute Gasteiger partial charge is 0.316 e. The lowest BCUT2D eigenvalue weighted by atomic mass is 9.86. The Morgan fingerprint density at radius 3 is 2.72 bits per heavy atom. The number of likely N-dealkylation sites (tertiary alicyclic amines) is 1. The van der Waals surface area contributed by atoms with Crippen LogP contribution in [0.25, 0.3) is 11.5 Å². The zero-order valence-corrected chi connectivity index (χ0v) is 14.6. The molecule has 6 heteroatoms. The topological polar surface area (TPSA) is 71.3 Å². The Morgan fingerprint density at radius 2 is 1.96 bits per heavy atom. The summed E-state index contributed by atoms with van der Waals surface area (Å²) in [5.41, 5.74) is 1.25. The number of hydrogen-bond donors (Lipinski definition) is 1. The van der Waals surface area contributed by atoms with Gasteiger partial charge in [0, 0.05) is 18.7 Å². The zero-order chi connectivity index (χ0) is 17.3. The molecule has 1 aliphatic heterocycles. The second-order valence-electron chi connectivity index (χ2n) is 7.36. The number of benzene rings is 1. The first-order chi connectivity index (χ1) is 12.2. The van der Waals surface area contributed by atoms with Crippen LogP contribution in [-0.4, -0.2) is 40.1 Å².